The third-order valence-electron chi connectivity index (χ3n) is 3.90. The van der Waals surface area contributed by atoms with Gasteiger partial charge in [0.2, 0.25) is 5.91 Å². The number of carbonyl (C=O) groups is 1. The maximum atomic E-state index is 11.8. The molecule has 0 saturated heterocycles. The molecule has 4 nitrogen and oxygen atoms in total. The van der Waals surface area contributed by atoms with Gasteiger partial charge in [-0.2, -0.15) is 0 Å². The third-order valence-corrected chi connectivity index (χ3v) is 3.90. The van der Waals surface area contributed by atoms with Gasteiger partial charge in [0.25, 0.3) is 0 Å². The molecule has 1 aliphatic rings. The lowest BCUT2D eigenvalue weighted by molar-refractivity contribution is -0.121. The number of nitrogens with two attached hydrogens (primary N) is 1. The van der Waals surface area contributed by atoms with Crippen LogP contribution in [0.15, 0.2) is 24.3 Å². The van der Waals surface area contributed by atoms with Crippen LogP contribution in [0.25, 0.3) is 0 Å². The van der Waals surface area contributed by atoms with Crippen molar-refractivity contribution in [1.29, 1.82) is 0 Å². The number of ether oxygens (including phenoxy) is 1. The Kier molecular flexibility index (Phi) is 4.88. The number of nitrogens with one attached hydrogen (secondary N) is 1. The third kappa shape index (κ3) is 4.15. The highest BCUT2D eigenvalue weighted by Gasteiger charge is 2.41. The highest BCUT2D eigenvalue weighted by Crippen LogP contribution is 2.48. The first kappa shape index (κ1) is 14.7. The van der Waals surface area contributed by atoms with E-state index < -0.39 is 0 Å². The van der Waals surface area contributed by atoms with E-state index in [1.165, 1.54) is 25.7 Å². The van der Waals surface area contributed by atoms with E-state index in [2.05, 4.69) is 12.2 Å². The average Bonchev–Trinajstić information content (AvgIpc) is 3.19. The second-order valence-electron chi connectivity index (χ2n) is 5.66. The van der Waals surface area contributed by atoms with Gasteiger partial charge < -0.3 is 15.8 Å². The van der Waals surface area contributed by atoms with Crippen molar-refractivity contribution in [3.05, 3.63) is 24.3 Å². The van der Waals surface area contributed by atoms with Crippen LogP contribution in [0.5, 0.6) is 5.75 Å². The van der Waals surface area contributed by atoms with E-state index in [0.717, 1.165) is 6.54 Å². The fourth-order valence-electron chi connectivity index (χ4n) is 2.46. The molecule has 3 N–H and O–H groups in total. The molecule has 0 aliphatic heterocycles. The lowest BCUT2D eigenvalue weighted by atomic mass is 10.0. The molecule has 20 heavy (non-hydrogen) atoms. The molecule has 0 unspecified atom stereocenters. The molecule has 1 aromatic rings. The van der Waals surface area contributed by atoms with Gasteiger partial charge in [-0.15, -0.1) is 0 Å². The molecular formula is C16H24N2O2. The van der Waals surface area contributed by atoms with Crippen molar-refractivity contribution in [2.45, 2.75) is 39.0 Å². The van der Waals surface area contributed by atoms with Crippen LogP contribution in [-0.2, 0) is 4.79 Å². The minimum absolute atomic E-state index is 0.0573. The lowest BCUT2D eigenvalue weighted by Crippen LogP contribution is -2.31. The van der Waals surface area contributed by atoms with Crippen LogP contribution in [0.4, 0.5) is 5.69 Å². The minimum Gasteiger partial charge on any atom is -0.491 e. The quantitative estimate of drug-likeness (QED) is 0.718. The number of nitrogen functional groups attached to an aromatic ring is 1. The predicted molar refractivity (Wildman–Crippen MR) is 80.6 cm³/mol. The van der Waals surface area contributed by atoms with Crippen molar-refractivity contribution in [3.8, 4) is 5.75 Å². The summed E-state index contributed by atoms with van der Waals surface area (Å²) in [6.07, 6.45) is 5.27. The van der Waals surface area contributed by atoms with Crippen LogP contribution >= 0.6 is 0 Å². The summed E-state index contributed by atoms with van der Waals surface area (Å²) in [4.78, 5) is 11.8. The van der Waals surface area contributed by atoms with Crippen LogP contribution in [0.2, 0.25) is 0 Å². The summed E-state index contributed by atoms with van der Waals surface area (Å²) in [6, 6.07) is 7.33. The van der Waals surface area contributed by atoms with E-state index >= 15 is 0 Å². The van der Waals surface area contributed by atoms with Crippen molar-refractivity contribution in [1.82, 2.24) is 5.32 Å². The number of anilines is 1. The predicted octanol–water partition coefficient (Wildman–Crippen LogP) is 2.73. The second-order valence-corrected chi connectivity index (χ2v) is 5.66. The summed E-state index contributed by atoms with van der Waals surface area (Å²) in [7, 11) is 0. The molecule has 0 aromatic heterocycles. The molecule has 2 rings (SSSR count). The van der Waals surface area contributed by atoms with E-state index in [1.54, 1.807) is 6.07 Å². The number of benzene rings is 1. The van der Waals surface area contributed by atoms with Gasteiger partial charge in [-0.1, -0.05) is 25.5 Å². The summed E-state index contributed by atoms with van der Waals surface area (Å²) in [5, 5.41) is 3.02. The van der Waals surface area contributed by atoms with E-state index in [1.807, 2.05) is 18.2 Å². The summed E-state index contributed by atoms with van der Waals surface area (Å²) in [5.74, 6) is 0.701. The summed E-state index contributed by atoms with van der Waals surface area (Å²) in [6.45, 7) is 3.37. The molecule has 1 fully saturated rings. The van der Waals surface area contributed by atoms with Crippen molar-refractivity contribution >= 4 is 11.6 Å². The Balaban J connectivity index is 1.65. The zero-order valence-electron chi connectivity index (χ0n) is 12.2. The van der Waals surface area contributed by atoms with E-state index in [-0.39, 0.29) is 5.91 Å². The standard InChI is InChI=1S/C16H24N2O2/c1-2-8-16(9-10-16)12-18-15(19)7-11-20-14-6-4-3-5-13(14)17/h3-6H,2,7-12,17H2,1H3,(H,18,19). The topological polar surface area (TPSA) is 64.3 Å². The second kappa shape index (κ2) is 6.64. The summed E-state index contributed by atoms with van der Waals surface area (Å²) < 4.78 is 5.52. The Labute approximate surface area is 120 Å². The smallest absolute Gasteiger partial charge is 0.223 e. The van der Waals surface area contributed by atoms with E-state index in [4.69, 9.17) is 10.5 Å². The number of carbonyl (C=O) groups excluding carboxylic acids is 1. The first-order valence-corrected chi connectivity index (χ1v) is 7.39. The molecule has 0 radical (unpaired) electrons. The normalized spacial score (nSPS) is 15.7. The first-order valence-electron chi connectivity index (χ1n) is 7.39. The number of para-hydroxylation sites is 2. The molecule has 1 saturated carbocycles. The summed E-state index contributed by atoms with van der Waals surface area (Å²) >= 11 is 0. The molecule has 4 heteroatoms. The molecule has 1 amide bonds. The molecule has 0 spiro atoms. The van der Waals surface area contributed by atoms with Gasteiger partial charge in [-0.25, -0.2) is 0 Å². The summed E-state index contributed by atoms with van der Waals surface area (Å²) in [5.41, 5.74) is 6.77. The highest BCUT2D eigenvalue weighted by molar-refractivity contribution is 5.76. The average molecular weight is 276 g/mol. The van der Waals surface area contributed by atoms with Crippen LogP contribution in [0.1, 0.15) is 39.0 Å². The van der Waals surface area contributed by atoms with E-state index in [0.29, 0.717) is 29.9 Å². The number of amides is 1. The van der Waals surface area contributed by atoms with Gasteiger partial charge in [-0.3, -0.25) is 4.79 Å². The van der Waals surface area contributed by atoms with Gasteiger partial charge in [0.1, 0.15) is 5.75 Å². The monoisotopic (exact) mass is 276 g/mol. The number of hydrogen-bond donors (Lipinski definition) is 2. The van der Waals surface area contributed by atoms with Crippen molar-refractivity contribution in [3.63, 3.8) is 0 Å². The van der Waals surface area contributed by atoms with Crippen LogP contribution in [0.3, 0.4) is 0 Å². The van der Waals surface area contributed by atoms with Gasteiger partial charge in [0.05, 0.1) is 18.7 Å². The molecule has 110 valence electrons. The van der Waals surface area contributed by atoms with Gasteiger partial charge in [0.15, 0.2) is 0 Å². The molecule has 0 heterocycles. The maximum absolute atomic E-state index is 11.8. The maximum Gasteiger partial charge on any atom is 0.223 e. The molecule has 1 aliphatic carbocycles. The first-order chi connectivity index (χ1) is 9.65. The zero-order chi connectivity index (χ0) is 14.4. The largest absolute Gasteiger partial charge is 0.491 e. The highest BCUT2D eigenvalue weighted by atomic mass is 16.5. The van der Waals surface area contributed by atoms with Crippen LogP contribution in [0, 0.1) is 5.41 Å². The number of hydrogen-bond acceptors (Lipinski definition) is 3. The van der Waals surface area contributed by atoms with Gasteiger partial charge in [-0.05, 0) is 36.8 Å². The van der Waals surface area contributed by atoms with Gasteiger partial charge >= 0.3 is 0 Å². The Bertz CT molecular complexity index is 456. The Morgan fingerprint density at radius 3 is 2.80 bits per heavy atom. The van der Waals surface area contributed by atoms with Crippen molar-refractivity contribution in [2.75, 3.05) is 18.9 Å². The fraction of sp³-hybridized carbons (Fsp3) is 0.562. The molecule has 1 aromatic carbocycles. The molecule has 0 atom stereocenters. The Hall–Kier alpha value is -1.71. The fourth-order valence-corrected chi connectivity index (χ4v) is 2.46. The van der Waals surface area contributed by atoms with Crippen molar-refractivity contribution < 1.29 is 9.53 Å². The number of rotatable bonds is 8. The van der Waals surface area contributed by atoms with Crippen LogP contribution < -0.4 is 15.8 Å². The Morgan fingerprint density at radius 2 is 2.15 bits per heavy atom. The molecule has 0 bridgehead atoms. The van der Waals surface area contributed by atoms with Crippen molar-refractivity contribution in [2.24, 2.45) is 5.41 Å². The Morgan fingerprint density at radius 1 is 1.40 bits per heavy atom. The van der Waals surface area contributed by atoms with E-state index in [9.17, 15) is 4.79 Å². The molecular weight excluding hydrogens is 252 g/mol. The zero-order valence-corrected chi connectivity index (χ0v) is 12.2. The van der Waals surface area contributed by atoms with Gasteiger partial charge in [0, 0.05) is 6.54 Å². The lowest BCUT2D eigenvalue weighted by Gasteiger charge is -2.15. The SMILES string of the molecule is CCCC1(CNC(=O)CCOc2ccccc2N)CC1. The minimum atomic E-state index is 0.0573. The van der Waals surface area contributed by atoms with Crippen LogP contribution in [-0.4, -0.2) is 19.1 Å².